The smallest absolute Gasteiger partial charge is 0.137 e. The summed E-state index contributed by atoms with van der Waals surface area (Å²) < 4.78 is 0. The summed E-state index contributed by atoms with van der Waals surface area (Å²) in [6.45, 7) is 5.88. The van der Waals surface area contributed by atoms with E-state index in [0.29, 0.717) is 0 Å². The number of nitrogens with one attached hydrogen (secondary N) is 1. The Morgan fingerprint density at radius 2 is 2.00 bits per heavy atom. The maximum atomic E-state index is 4.47. The van der Waals surface area contributed by atoms with Crippen LogP contribution in [0.5, 0.6) is 0 Å². The second-order valence-corrected chi connectivity index (χ2v) is 4.46. The van der Waals surface area contributed by atoms with Crippen LogP contribution in [-0.4, -0.2) is 28.5 Å². The summed E-state index contributed by atoms with van der Waals surface area (Å²) in [5.74, 6) is 1.89. The highest BCUT2D eigenvalue weighted by molar-refractivity contribution is 5.58. The Balaban J connectivity index is 2.32. The first-order valence-electron chi connectivity index (χ1n) is 6.96. The van der Waals surface area contributed by atoms with Crippen molar-refractivity contribution in [2.75, 3.05) is 23.8 Å². The molecule has 0 aromatic carbocycles. The molecule has 2 heterocycles. The van der Waals surface area contributed by atoms with E-state index >= 15 is 0 Å². The largest absolute Gasteiger partial charge is 0.373 e. The van der Waals surface area contributed by atoms with E-state index in [1.165, 1.54) is 0 Å². The van der Waals surface area contributed by atoms with Crippen LogP contribution in [0.1, 0.15) is 25.1 Å². The number of pyridine rings is 1. The lowest BCUT2D eigenvalue weighted by atomic mass is 10.2. The Morgan fingerprint density at radius 1 is 1.15 bits per heavy atom. The third-order valence-electron chi connectivity index (χ3n) is 3.27. The molecule has 106 valence electrons. The van der Waals surface area contributed by atoms with Crippen molar-refractivity contribution in [1.29, 1.82) is 0 Å². The minimum Gasteiger partial charge on any atom is -0.373 e. The number of aromatic nitrogens is 3. The monoisotopic (exact) mass is 271 g/mol. The van der Waals surface area contributed by atoms with Gasteiger partial charge >= 0.3 is 0 Å². The predicted molar refractivity (Wildman–Crippen MR) is 81.9 cm³/mol. The van der Waals surface area contributed by atoms with Crippen molar-refractivity contribution in [3.8, 4) is 0 Å². The molecule has 0 aliphatic rings. The molecule has 5 nitrogen and oxygen atoms in total. The zero-order chi connectivity index (χ0) is 14.4. The van der Waals surface area contributed by atoms with Gasteiger partial charge in [-0.25, -0.2) is 9.97 Å². The minimum atomic E-state index is 0.754. The highest BCUT2D eigenvalue weighted by atomic mass is 15.2. The number of hydrogen-bond acceptors (Lipinski definition) is 5. The summed E-state index contributed by atoms with van der Waals surface area (Å²) in [5, 5.41) is 3.14. The molecule has 0 fully saturated rings. The lowest BCUT2D eigenvalue weighted by Crippen LogP contribution is -2.25. The maximum Gasteiger partial charge on any atom is 0.137 e. The van der Waals surface area contributed by atoms with E-state index in [4.69, 9.17) is 0 Å². The lowest BCUT2D eigenvalue weighted by Gasteiger charge is -2.24. The van der Waals surface area contributed by atoms with Crippen molar-refractivity contribution in [1.82, 2.24) is 15.0 Å². The van der Waals surface area contributed by atoms with Gasteiger partial charge in [0, 0.05) is 25.4 Å². The van der Waals surface area contributed by atoms with Crippen LogP contribution in [0.3, 0.4) is 0 Å². The first-order chi connectivity index (χ1) is 9.80. The fourth-order valence-electron chi connectivity index (χ4n) is 2.24. The van der Waals surface area contributed by atoms with E-state index in [0.717, 1.165) is 42.4 Å². The molecule has 2 aromatic heterocycles. The zero-order valence-corrected chi connectivity index (χ0v) is 12.3. The highest BCUT2D eigenvalue weighted by Gasteiger charge is 2.15. The molecular weight excluding hydrogens is 250 g/mol. The van der Waals surface area contributed by atoms with E-state index in [1.54, 1.807) is 6.33 Å². The first kappa shape index (κ1) is 14.2. The molecule has 0 aliphatic carbocycles. The van der Waals surface area contributed by atoms with Gasteiger partial charge in [-0.15, -0.1) is 0 Å². The topological polar surface area (TPSA) is 53.9 Å². The normalized spacial score (nSPS) is 10.3. The van der Waals surface area contributed by atoms with Gasteiger partial charge in [0.15, 0.2) is 0 Å². The molecule has 5 heteroatoms. The molecule has 0 unspecified atom stereocenters. The summed E-state index contributed by atoms with van der Waals surface area (Å²) in [7, 11) is 1.89. The number of hydrogen-bond donors (Lipinski definition) is 1. The molecule has 2 aromatic rings. The van der Waals surface area contributed by atoms with Gasteiger partial charge in [-0.1, -0.05) is 13.0 Å². The molecule has 1 N–H and O–H groups in total. The minimum absolute atomic E-state index is 0.754. The van der Waals surface area contributed by atoms with Crippen molar-refractivity contribution in [3.63, 3.8) is 0 Å². The Bertz CT molecular complexity index is 541. The molecule has 0 radical (unpaired) electrons. The predicted octanol–water partition coefficient (Wildman–Crippen LogP) is 2.50. The van der Waals surface area contributed by atoms with Gasteiger partial charge in [-0.2, -0.15) is 0 Å². The van der Waals surface area contributed by atoms with E-state index in [-0.39, 0.29) is 0 Å². The van der Waals surface area contributed by atoms with Crippen LogP contribution in [0, 0.1) is 0 Å². The summed E-state index contributed by atoms with van der Waals surface area (Å²) >= 11 is 0. The third kappa shape index (κ3) is 3.04. The summed E-state index contributed by atoms with van der Waals surface area (Å²) in [4.78, 5) is 15.4. The molecule has 0 saturated heterocycles. The van der Waals surface area contributed by atoms with Crippen LogP contribution in [0.25, 0.3) is 0 Å². The van der Waals surface area contributed by atoms with Crippen molar-refractivity contribution >= 4 is 11.6 Å². The molecule has 0 bridgehead atoms. The SMILES string of the molecule is CCc1c(NC)ncnc1N(CC)Cc1ccccn1. The first-order valence-corrected chi connectivity index (χ1v) is 6.96. The Morgan fingerprint density at radius 3 is 2.60 bits per heavy atom. The molecule has 0 spiro atoms. The van der Waals surface area contributed by atoms with Gasteiger partial charge in [-0.05, 0) is 25.5 Å². The average molecular weight is 271 g/mol. The molecule has 20 heavy (non-hydrogen) atoms. The standard InChI is InChI=1S/C15H21N5/c1-4-13-14(16-3)18-11-19-15(13)20(5-2)10-12-8-6-7-9-17-12/h6-9,11H,4-5,10H2,1-3H3,(H,16,18,19). The van der Waals surface area contributed by atoms with E-state index in [1.807, 2.05) is 31.4 Å². The Kier molecular flexibility index (Phi) is 4.87. The zero-order valence-electron chi connectivity index (χ0n) is 12.3. The van der Waals surface area contributed by atoms with Gasteiger partial charge in [0.1, 0.15) is 18.0 Å². The molecule has 0 atom stereocenters. The average Bonchev–Trinajstić information content (AvgIpc) is 2.52. The second kappa shape index (κ2) is 6.84. The molecule has 0 amide bonds. The van der Waals surface area contributed by atoms with E-state index < -0.39 is 0 Å². The van der Waals surface area contributed by atoms with Gasteiger partial charge < -0.3 is 10.2 Å². The lowest BCUT2D eigenvalue weighted by molar-refractivity contribution is 0.781. The molecule has 2 rings (SSSR count). The van der Waals surface area contributed by atoms with Gasteiger partial charge in [0.25, 0.3) is 0 Å². The van der Waals surface area contributed by atoms with Crippen LogP contribution in [0.2, 0.25) is 0 Å². The fourth-order valence-corrected chi connectivity index (χ4v) is 2.24. The van der Waals surface area contributed by atoms with Gasteiger partial charge in [0.2, 0.25) is 0 Å². The van der Waals surface area contributed by atoms with Crippen LogP contribution in [0.15, 0.2) is 30.7 Å². The maximum absolute atomic E-state index is 4.47. The van der Waals surface area contributed by atoms with Gasteiger partial charge in [0.05, 0.1) is 12.2 Å². The van der Waals surface area contributed by atoms with Crippen LogP contribution < -0.4 is 10.2 Å². The van der Waals surface area contributed by atoms with E-state index in [9.17, 15) is 0 Å². The highest BCUT2D eigenvalue weighted by Crippen LogP contribution is 2.24. The van der Waals surface area contributed by atoms with Gasteiger partial charge in [-0.3, -0.25) is 4.98 Å². The van der Waals surface area contributed by atoms with Crippen LogP contribution >= 0.6 is 0 Å². The van der Waals surface area contributed by atoms with Crippen molar-refractivity contribution in [2.24, 2.45) is 0 Å². The molecular formula is C15H21N5. The van der Waals surface area contributed by atoms with Crippen molar-refractivity contribution in [3.05, 3.63) is 42.0 Å². The number of anilines is 2. The fraction of sp³-hybridized carbons (Fsp3) is 0.400. The summed E-state index contributed by atoms with van der Waals surface area (Å²) in [6.07, 6.45) is 4.33. The summed E-state index contributed by atoms with van der Waals surface area (Å²) in [5.41, 5.74) is 2.19. The van der Waals surface area contributed by atoms with Crippen molar-refractivity contribution in [2.45, 2.75) is 26.8 Å². The second-order valence-electron chi connectivity index (χ2n) is 4.46. The summed E-state index contributed by atoms with van der Waals surface area (Å²) in [6, 6.07) is 5.98. The molecule has 0 saturated carbocycles. The third-order valence-corrected chi connectivity index (χ3v) is 3.27. The number of nitrogens with zero attached hydrogens (tertiary/aromatic N) is 4. The van der Waals surface area contributed by atoms with E-state index in [2.05, 4.69) is 39.0 Å². The quantitative estimate of drug-likeness (QED) is 0.875. The number of rotatable bonds is 6. The van der Waals surface area contributed by atoms with Crippen LogP contribution in [-0.2, 0) is 13.0 Å². The Labute approximate surface area is 120 Å². The molecule has 0 aliphatic heterocycles. The van der Waals surface area contributed by atoms with Crippen LogP contribution in [0.4, 0.5) is 11.6 Å². The Hall–Kier alpha value is -2.17. The van der Waals surface area contributed by atoms with Crippen molar-refractivity contribution < 1.29 is 0 Å².